The summed E-state index contributed by atoms with van der Waals surface area (Å²) in [6.45, 7) is 4.92. The molecule has 0 aromatic carbocycles. The lowest BCUT2D eigenvalue weighted by atomic mass is 9.88. The Labute approximate surface area is 120 Å². The van der Waals surface area contributed by atoms with Crippen LogP contribution in [-0.2, 0) is 0 Å². The summed E-state index contributed by atoms with van der Waals surface area (Å²) in [7, 11) is 0. The van der Waals surface area contributed by atoms with Crippen molar-refractivity contribution in [3.63, 3.8) is 0 Å². The van der Waals surface area contributed by atoms with Gasteiger partial charge in [0.1, 0.15) is 0 Å². The van der Waals surface area contributed by atoms with Crippen molar-refractivity contribution in [2.24, 2.45) is 5.41 Å². The standard InChI is InChI=1S/C15H23ClN2O/c1-12(2)19-13-6-5-9-17-14(13)18-11-15(10-16)7-3-4-8-15/h5-6,9,12H,3-4,7-8,10-11H2,1-2H3,(H,17,18). The summed E-state index contributed by atoms with van der Waals surface area (Å²) in [6.07, 6.45) is 6.92. The Morgan fingerprint density at radius 1 is 1.42 bits per heavy atom. The average molecular weight is 283 g/mol. The quantitative estimate of drug-likeness (QED) is 0.798. The molecule has 0 bridgehead atoms. The molecule has 1 N–H and O–H groups in total. The van der Waals surface area contributed by atoms with Gasteiger partial charge in [-0.25, -0.2) is 4.98 Å². The molecule has 106 valence electrons. The van der Waals surface area contributed by atoms with Crippen molar-refractivity contribution in [1.82, 2.24) is 4.98 Å². The van der Waals surface area contributed by atoms with E-state index in [0.29, 0.717) is 5.88 Å². The molecule has 0 spiro atoms. The first-order chi connectivity index (χ1) is 9.15. The zero-order chi connectivity index (χ0) is 13.7. The topological polar surface area (TPSA) is 34.1 Å². The normalized spacial score (nSPS) is 17.7. The van der Waals surface area contributed by atoms with Gasteiger partial charge in [0.15, 0.2) is 11.6 Å². The highest BCUT2D eigenvalue weighted by atomic mass is 35.5. The fraction of sp³-hybridized carbons (Fsp3) is 0.667. The summed E-state index contributed by atoms with van der Waals surface area (Å²) < 4.78 is 5.77. The lowest BCUT2D eigenvalue weighted by molar-refractivity contribution is 0.242. The first-order valence-electron chi connectivity index (χ1n) is 7.07. The van der Waals surface area contributed by atoms with Gasteiger partial charge in [0, 0.05) is 24.0 Å². The van der Waals surface area contributed by atoms with Crippen LogP contribution >= 0.6 is 11.6 Å². The molecular weight excluding hydrogens is 260 g/mol. The number of hydrogen-bond acceptors (Lipinski definition) is 3. The van der Waals surface area contributed by atoms with Crippen LogP contribution in [0.1, 0.15) is 39.5 Å². The molecule has 0 unspecified atom stereocenters. The molecule has 1 aliphatic rings. The minimum atomic E-state index is 0.151. The molecule has 19 heavy (non-hydrogen) atoms. The molecule has 0 aliphatic heterocycles. The third-order valence-corrected chi connectivity index (χ3v) is 4.28. The lowest BCUT2D eigenvalue weighted by Gasteiger charge is -2.27. The van der Waals surface area contributed by atoms with Crippen molar-refractivity contribution in [1.29, 1.82) is 0 Å². The van der Waals surface area contributed by atoms with Crippen LogP contribution in [0.5, 0.6) is 5.75 Å². The van der Waals surface area contributed by atoms with Gasteiger partial charge in [0.25, 0.3) is 0 Å². The van der Waals surface area contributed by atoms with Crippen LogP contribution in [0.15, 0.2) is 18.3 Å². The Hall–Kier alpha value is -0.960. The van der Waals surface area contributed by atoms with Crippen molar-refractivity contribution in [2.75, 3.05) is 17.7 Å². The second-order valence-corrected chi connectivity index (χ2v) is 5.98. The molecule has 2 rings (SSSR count). The van der Waals surface area contributed by atoms with Crippen LogP contribution in [-0.4, -0.2) is 23.5 Å². The van der Waals surface area contributed by atoms with E-state index in [4.69, 9.17) is 16.3 Å². The maximum absolute atomic E-state index is 6.16. The van der Waals surface area contributed by atoms with E-state index in [2.05, 4.69) is 10.3 Å². The molecule has 0 saturated heterocycles. The molecule has 1 saturated carbocycles. The smallest absolute Gasteiger partial charge is 0.168 e. The number of nitrogens with one attached hydrogen (secondary N) is 1. The zero-order valence-electron chi connectivity index (χ0n) is 11.8. The highest BCUT2D eigenvalue weighted by molar-refractivity contribution is 6.18. The molecular formula is C15H23ClN2O. The summed E-state index contributed by atoms with van der Waals surface area (Å²) in [4.78, 5) is 4.38. The Kier molecular flexibility index (Phi) is 4.92. The third kappa shape index (κ3) is 3.75. The van der Waals surface area contributed by atoms with Crippen molar-refractivity contribution in [2.45, 2.75) is 45.6 Å². The van der Waals surface area contributed by atoms with Crippen LogP contribution in [0.4, 0.5) is 5.82 Å². The van der Waals surface area contributed by atoms with Gasteiger partial charge in [-0.1, -0.05) is 12.8 Å². The van der Waals surface area contributed by atoms with E-state index in [1.165, 1.54) is 25.7 Å². The Balaban J connectivity index is 2.02. The van der Waals surface area contributed by atoms with Gasteiger partial charge in [-0.2, -0.15) is 0 Å². The van der Waals surface area contributed by atoms with E-state index in [1.807, 2.05) is 26.0 Å². The molecule has 1 fully saturated rings. The van der Waals surface area contributed by atoms with E-state index in [1.54, 1.807) is 6.20 Å². The molecule has 1 heterocycles. The van der Waals surface area contributed by atoms with Crippen molar-refractivity contribution < 1.29 is 4.74 Å². The highest BCUT2D eigenvalue weighted by Gasteiger charge is 2.33. The van der Waals surface area contributed by atoms with Gasteiger partial charge in [-0.15, -0.1) is 11.6 Å². The van der Waals surface area contributed by atoms with Gasteiger partial charge >= 0.3 is 0 Å². The van der Waals surface area contributed by atoms with Crippen LogP contribution in [0.25, 0.3) is 0 Å². The average Bonchev–Trinajstić information content (AvgIpc) is 2.87. The monoisotopic (exact) mass is 282 g/mol. The van der Waals surface area contributed by atoms with Gasteiger partial charge < -0.3 is 10.1 Å². The summed E-state index contributed by atoms with van der Waals surface area (Å²) >= 11 is 6.16. The number of ether oxygens (including phenoxy) is 1. The van der Waals surface area contributed by atoms with E-state index < -0.39 is 0 Å². The van der Waals surface area contributed by atoms with Crippen LogP contribution in [0.3, 0.4) is 0 Å². The summed E-state index contributed by atoms with van der Waals surface area (Å²) in [6, 6.07) is 3.85. The molecule has 4 heteroatoms. The van der Waals surface area contributed by atoms with Crippen molar-refractivity contribution in [3.8, 4) is 5.75 Å². The molecule has 0 atom stereocenters. The van der Waals surface area contributed by atoms with Crippen LogP contribution < -0.4 is 10.1 Å². The molecule has 0 radical (unpaired) electrons. The summed E-state index contributed by atoms with van der Waals surface area (Å²) in [5, 5.41) is 3.43. The molecule has 0 amide bonds. The highest BCUT2D eigenvalue weighted by Crippen LogP contribution is 2.39. The van der Waals surface area contributed by atoms with E-state index in [-0.39, 0.29) is 11.5 Å². The number of rotatable bonds is 6. The summed E-state index contributed by atoms with van der Waals surface area (Å²) in [5.74, 6) is 2.36. The van der Waals surface area contributed by atoms with Gasteiger partial charge in [-0.05, 0) is 38.8 Å². The zero-order valence-corrected chi connectivity index (χ0v) is 12.5. The number of alkyl halides is 1. The molecule has 1 aromatic heterocycles. The van der Waals surface area contributed by atoms with Crippen molar-refractivity contribution >= 4 is 17.4 Å². The maximum Gasteiger partial charge on any atom is 0.168 e. The molecule has 1 aliphatic carbocycles. The van der Waals surface area contributed by atoms with Gasteiger partial charge in [-0.3, -0.25) is 0 Å². The number of nitrogens with zero attached hydrogens (tertiary/aromatic N) is 1. The number of anilines is 1. The second kappa shape index (κ2) is 6.47. The van der Waals surface area contributed by atoms with Crippen LogP contribution in [0.2, 0.25) is 0 Å². The summed E-state index contributed by atoms with van der Waals surface area (Å²) in [5.41, 5.74) is 0.230. The first-order valence-corrected chi connectivity index (χ1v) is 7.60. The Bertz CT molecular complexity index is 403. The Morgan fingerprint density at radius 2 is 2.16 bits per heavy atom. The minimum Gasteiger partial charge on any atom is -0.487 e. The number of pyridine rings is 1. The van der Waals surface area contributed by atoms with Gasteiger partial charge in [0.2, 0.25) is 0 Å². The minimum absolute atomic E-state index is 0.151. The largest absolute Gasteiger partial charge is 0.487 e. The molecule has 1 aromatic rings. The van der Waals surface area contributed by atoms with Crippen LogP contribution in [0, 0.1) is 5.41 Å². The van der Waals surface area contributed by atoms with E-state index in [9.17, 15) is 0 Å². The first kappa shape index (κ1) is 14.4. The second-order valence-electron chi connectivity index (χ2n) is 5.71. The fourth-order valence-corrected chi connectivity index (χ4v) is 2.99. The SMILES string of the molecule is CC(C)Oc1cccnc1NCC1(CCl)CCCC1. The number of halogens is 1. The number of aromatic nitrogens is 1. The fourth-order valence-electron chi connectivity index (χ4n) is 2.63. The maximum atomic E-state index is 6.16. The Morgan fingerprint density at radius 3 is 2.79 bits per heavy atom. The van der Waals surface area contributed by atoms with E-state index >= 15 is 0 Å². The predicted octanol–water partition coefficient (Wildman–Crippen LogP) is 4.08. The van der Waals surface area contributed by atoms with E-state index in [0.717, 1.165) is 18.1 Å². The third-order valence-electron chi connectivity index (χ3n) is 3.71. The lowest BCUT2D eigenvalue weighted by Crippen LogP contribution is -2.29. The number of hydrogen-bond donors (Lipinski definition) is 1. The van der Waals surface area contributed by atoms with Crippen molar-refractivity contribution in [3.05, 3.63) is 18.3 Å². The van der Waals surface area contributed by atoms with Gasteiger partial charge in [0.05, 0.1) is 6.10 Å². The predicted molar refractivity (Wildman–Crippen MR) is 80.1 cm³/mol. The molecule has 3 nitrogen and oxygen atoms in total.